The maximum atomic E-state index is 13.6. The van der Waals surface area contributed by atoms with Crippen LogP contribution in [0.1, 0.15) is 0 Å². The Bertz CT molecular complexity index is 386. The number of benzene rings is 1. The first-order valence-corrected chi connectivity index (χ1v) is 5.45. The van der Waals surface area contributed by atoms with Crippen molar-refractivity contribution >= 4 is 13.0 Å². The first-order valence-electron chi connectivity index (χ1n) is 5.45. The van der Waals surface area contributed by atoms with Crippen LogP contribution in [0.3, 0.4) is 0 Å². The fourth-order valence-corrected chi connectivity index (χ4v) is 1.82. The second-order valence-electron chi connectivity index (χ2n) is 3.80. The highest BCUT2D eigenvalue weighted by molar-refractivity contribution is 6.33. The van der Waals surface area contributed by atoms with E-state index in [4.69, 9.17) is 10.0 Å². The van der Waals surface area contributed by atoms with Crippen LogP contribution in [0, 0.1) is 5.82 Å². The summed E-state index contributed by atoms with van der Waals surface area (Å²) in [5.74, 6) is -0.770. The molecule has 1 fully saturated rings. The van der Waals surface area contributed by atoms with E-state index in [0.717, 1.165) is 31.9 Å². The summed E-state index contributed by atoms with van der Waals surface area (Å²) in [6.07, 6.45) is 0. The van der Waals surface area contributed by atoms with Gasteiger partial charge in [-0.25, -0.2) is 4.39 Å². The quantitative estimate of drug-likeness (QED) is 0.626. The van der Waals surface area contributed by atoms with Crippen molar-refractivity contribution in [1.29, 1.82) is 0 Å². The van der Waals surface area contributed by atoms with Gasteiger partial charge in [-0.2, -0.15) is 0 Å². The van der Waals surface area contributed by atoms with E-state index in [-0.39, 0.29) is 5.75 Å². The summed E-state index contributed by atoms with van der Waals surface area (Å²) in [4.78, 5) is 2.05. The Labute approximate surface area is 99.0 Å². The lowest BCUT2D eigenvalue weighted by Crippen LogP contribution is -2.43. The lowest BCUT2D eigenvalue weighted by Gasteiger charge is -2.29. The summed E-state index contributed by atoms with van der Waals surface area (Å²) < 4.78 is 18.1. The number of anilines is 1. The van der Waals surface area contributed by atoms with Gasteiger partial charge in [-0.1, -0.05) is 0 Å². The molecule has 1 aliphatic heterocycles. The van der Waals surface area contributed by atoms with Crippen molar-refractivity contribution in [2.45, 2.75) is 0 Å². The zero-order valence-corrected chi connectivity index (χ0v) is 9.27. The summed E-state index contributed by atoms with van der Waals surface area (Å²) in [5.41, 5.74) is 0.767. The van der Waals surface area contributed by atoms with Crippen LogP contribution in [0.25, 0.3) is 0 Å². The molecular weight excluding hydrogens is 226 g/mol. The minimum Gasteiger partial charge on any atom is -0.510 e. The number of nitrogens with zero attached hydrogens (tertiary/aromatic N) is 1. The third kappa shape index (κ3) is 3.09. The van der Waals surface area contributed by atoms with Crippen LogP contribution in [0.2, 0.25) is 0 Å². The Morgan fingerprint density at radius 1 is 1.29 bits per heavy atom. The molecule has 0 aliphatic carbocycles. The normalized spacial score (nSPS) is 15.8. The van der Waals surface area contributed by atoms with Crippen LogP contribution in [-0.2, 0) is 0 Å². The van der Waals surface area contributed by atoms with Crippen molar-refractivity contribution in [3.8, 4) is 5.75 Å². The van der Waals surface area contributed by atoms with Gasteiger partial charge in [-0.15, -0.1) is 0 Å². The summed E-state index contributed by atoms with van der Waals surface area (Å²) in [6.45, 7) is 3.38. The number of halogens is 1. The second kappa shape index (κ2) is 5.35. The zero-order valence-electron chi connectivity index (χ0n) is 9.27. The van der Waals surface area contributed by atoms with Crippen molar-refractivity contribution in [2.24, 2.45) is 0 Å². The van der Waals surface area contributed by atoms with Gasteiger partial charge in [-0.05, 0) is 12.1 Å². The molecule has 0 spiro atoms. The number of rotatable bonds is 3. The average Bonchev–Trinajstić information content (AvgIpc) is 2.32. The van der Waals surface area contributed by atoms with Crippen LogP contribution in [0.5, 0.6) is 5.75 Å². The minimum absolute atomic E-state index is 0.168. The van der Waals surface area contributed by atoms with Crippen LogP contribution >= 0.6 is 0 Å². The van der Waals surface area contributed by atoms with Crippen molar-refractivity contribution in [2.75, 3.05) is 31.1 Å². The molecule has 1 saturated heterocycles. The first kappa shape index (κ1) is 12.2. The number of nitrogens with one attached hydrogen (secondary N) is 1. The third-order valence-electron chi connectivity index (χ3n) is 2.63. The number of piperazine rings is 1. The predicted molar refractivity (Wildman–Crippen MR) is 62.3 cm³/mol. The summed E-state index contributed by atoms with van der Waals surface area (Å²) >= 11 is 0. The molecule has 17 heavy (non-hydrogen) atoms. The molecule has 92 valence electrons. The van der Waals surface area contributed by atoms with Crippen molar-refractivity contribution in [3.05, 3.63) is 24.0 Å². The Morgan fingerprint density at radius 3 is 2.59 bits per heavy atom. The van der Waals surface area contributed by atoms with E-state index >= 15 is 0 Å². The van der Waals surface area contributed by atoms with E-state index in [0.29, 0.717) is 0 Å². The summed E-state index contributed by atoms with van der Waals surface area (Å²) in [6, 6.07) is 4.43. The fraction of sp³-hybridized carbons (Fsp3) is 0.400. The van der Waals surface area contributed by atoms with Gasteiger partial charge in [0.1, 0.15) is 5.75 Å². The van der Waals surface area contributed by atoms with Crippen LogP contribution in [0.15, 0.2) is 18.2 Å². The molecule has 7 heteroatoms. The second-order valence-corrected chi connectivity index (χ2v) is 3.80. The molecule has 5 nitrogen and oxygen atoms in total. The Hall–Kier alpha value is -1.31. The van der Waals surface area contributed by atoms with E-state index in [1.54, 1.807) is 6.07 Å². The molecule has 0 radical (unpaired) electrons. The van der Waals surface area contributed by atoms with Gasteiger partial charge in [0.05, 0.1) is 0 Å². The van der Waals surface area contributed by atoms with E-state index < -0.39 is 13.1 Å². The Morgan fingerprint density at radius 2 is 2.00 bits per heavy atom. The molecule has 0 bridgehead atoms. The highest BCUT2D eigenvalue weighted by Crippen LogP contribution is 2.24. The molecule has 0 saturated carbocycles. The molecule has 1 heterocycles. The molecule has 0 amide bonds. The minimum atomic E-state index is -2.01. The molecule has 1 aliphatic rings. The van der Waals surface area contributed by atoms with E-state index in [9.17, 15) is 4.39 Å². The smallest absolute Gasteiger partial charge is 0.510 e. The molecule has 1 aromatic carbocycles. The van der Waals surface area contributed by atoms with Crippen LogP contribution in [-0.4, -0.2) is 43.5 Å². The van der Waals surface area contributed by atoms with E-state index in [2.05, 4.69) is 14.9 Å². The standard InChI is InChI=1S/C10H14BFN2O3/c12-9-7-8(14-5-3-13-4-6-14)1-2-10(9)17-11(15)16/h1-2,7,13,15-16H,3-6H2. The Kier molecular flexibility index (Phi) is 3.83. The van der Waals surface area contributed by atoms with Gasteiger partial charge in [0.2, 0.25) is 0 Å². The molecule has 0 atom stereocenters. The SMILES string of the molecule is OB(O)Oc1ccc(N2CCNCC2)cc1F. The highest BCUT2D eigenvalue weighted by atomic mass is 19.1. The molecule has 0 unspecified atom stereocenters. The van der Waals surface area contributed by atoms with E-state index in [1.165, 1.54) is 12.1 Å². The monoisotopic (exact) mass is 240 g/mol. The lowest BCUT2D eigenvalue weighted by atomic mass is 10.2. The number of hydrogen-bond donors (Lipinski definition) is 3. The van der Waals surface area contributed by atoms with Crippen molar-refractivity contribution < 1.29 is 19.1 Å². The topological polar surface area (TPSA) is 65.0 Å². The number of hydrogen-bond acceptors (Lipinski definition) is 5. The fourth-order valence-electron chi connectivity index (χ4n) is 1.82. The van der Waals surface area contributed by atoms with Crippen molar-refractivity contribution in [1.82, 2.24) is 5.32 Å². The molecule has 0 aromatic heterocycles. The van der Waals surface area contributed by atoms with Gasteiger partial charge in [0, 0.05) is 37.9 Å². The largest absolute Gasteiger partial charge is 0.707 e. The van der Waals surface area contributed by atoms with Gasteiger partial charge < -0.3 is 24.9 Å². The van der Waals surface area contributed by atoms with Crippen molar-refractivity contribution in [3.63, 3.8) is 0 Å². The third-order valence-corrected chi connectivity index (χ3v) is 2.63. The zero-order chi connectivity index (χ0) is 12.3. The maximum Gasteiger partial charge on any atom is 0.707 e. The summed E-state index contributed by atoms with van der Waals surface area (Å²) in [5, 5.41) is 20.4. The van der Waals surface area contributed by atoms with Gasteiger partial charge in [0.15, 0.2) is 5.82 Å². The van der Waals surface area contributed by atoms with Gasteiger partial charge >= 0.3 is 7.32 Å². The summed E-state index contributed by atoms with van der Waals surface area (Å²) in [7, 11) is -2.01. The molecular formula is C10H14BFN2O3. The maximum absolute atomic E-state index is 13.6. The predicted octanol–water partition coefficient (Wildman–Crippen LogP) is -0.416. The van der Waals surface area contributed by atoms with Gasteiger partial charge in [-0.3, -0.25) is 0 Å². The molecule has 2 rings (SSSR count). The Balaban J connectivity index is 2.12. The lowest BCUT2D eigenvalue weighted by molar-refractivity contribution is 0.282. The van der Waals surface area contributed by atoms with Crippen LogP contribution < -0.4 is 14.9 Å². The average molecular weight is 240 g/mol. The van der Waals surface area contributed by atoms with Crippen LogP contribution in [0.4, 0.5) is 10.1 Å². The molecule has 1 aromatic rings. The first-order chi connectivity index (χ1) is 8.16. The highest BCUT2D eigenvalue weighted by Gasteiger charge is 2.17. The van der Waals surface area contributed by atoms with Gasteiger partial charge in [0.25, 0.3) is 0 Å². The molecule has 3 N–H and O–H groups in total. The van der Waals surface area contributed by atoms with E-state index in [1.807, 2.05) is 0 Å².